The largest absolute Gasteiger partial charge is 0.483 e. The third-order valence-corrected chi connectivity index (χ3v) is 6.42. The number of ether oxygens (including phenoxy) is 1. The monoisotopic (exact) mass is 510 g/mol. The van der Waals surface area contributed by atoms with Gasteiger partial charge in [-0.25, -0.2) is 33.0 Å². The van der Waals surface area contributed by atoms with E-state index in [1.165, 1.54) is 32.8 Å². The van der Waals surface area contributed by atoms with Crippen LogP contribution in [0.3, 0.4) is 0 Å². The SMILES string of the molecule is Cc1cc(F)cc([C@H]2CC=NN2C(=O)N2CC(Oc3cc(-n4nc(C)c(C(=O)O)c4C)ncc3F)C2)c1. The zero-order valence-electron chi connectivity index (χ0n) is 20.4. The normalized spacial score (nSPS) is 17.3. The van der Waals surface area contributed by atoms with Gasteiger partial charge in [0.15, 0.2) is 17.4 Å². The Morgan fingerprint density at radius 1 is 1.11 bits per heavy atom. The molecule has 1 atom stereocenters. The third-order valence-electron chi connectivity index (χ3n) is 6.42. The lowest BCUT2D eigenvalue weighted by molar-refractivity contribution is 0.0256. The molecule has 5 rings (SSSR count). The van der Waals surface area contributed by atoms with Crippen LogP contribution in [0.25, 0.3) is 5.82 Å². The number of hydrogen-bond donors (Lipinski definition) is 1. The predicted molar refractivity (Wildman–Crippen MR) is 128 cm³/mol. The van der Waals surface area contributed by atoms with E-state index in [1.807, 2.05) is 6.07 Å². The van der Waals surface area contributed by atoms with Crippen molar-refractivity contribution in [1.82, 2.24) is 24.7 Å². The van der Waals surface area contributed by atoms with E-state index in [2.05, 4.69) is 15.2 Å². The van der Waals surface area contributed by atoms with Crippen LogP contribution in [0.1, 0.15) is 45.3 Å². The second kappa shape index (κ2) is 9.26. The molecule has 2 aliphatic rings. The number of benzene rings is 1. The van der Waals surface area contributed by atoms with Gasteiger partial charge in [0.25, 0.3) is 0 Å². The zero-order valence-corrected chi connectivity index (χ0v) is 20.4. The van der Waals surface area contributed by atoms with Crippen LogP contribution in [0.15, 0.2) is 35.6 Å². The van der Waals surface area contributed by atoms with Crippen molar-refractivity contribution in [3.05, 3.63) is 70.2 Å². The number of aromatic carboxylic acids is 1. The average Bonchev–Trinajstić information content (AvgIpc) is 3.40. The van der Waals surface area contributed by atoms with Crippen molar-refractivity contribution in [2.75, 3.05) is 13.1 Å². The number of likely N-dealkylation sites (tertiary alicyclic amines) is 1. The Balaban J connectivity index is 1.26. The Morgan fingerprint density at radius 2 is 1.86 bits per heavy atom. The number of amides is 2. The number of carboxylic acid groups (broad SMARTS) is 1. The molecular weight excluding hydrogens is 486 g/mol. The molecule has 2 aliphatic heterocycles. The van der Waals surface area contributed by atoms with Crippen molar-refractivity contribution in [3.8, 4) is 11.6 Å². The highest BCUT2D eigenvalue weighted by atomic mass is 19.1. The number of aromatic nitrogens is 3. The Kier molecular flexibility index (Phi) is 6.10. The second-order valence-corrected chi connectivity index (χ2v) is 9.12. The van der Waals surface area contributed by atoms with Crippen LogP contribution in [0, 0.1) is 32.4 Å². The zero-order chi connectivity index (χ0) is 26.4. The molecule has 1 N–H and O–H groups in total. The number of hydrazone groups is 1. The van der Waals surface area contributed by atoms with Crippen molar-refractivity contribution < 1.29 is 28.2 Å². The first-order valence-electron chi connectivity index (χ1n) is 11.6. The fourth-order valence-corrected chi connectivity index (χ4v) is 4.62. The van der Waals surface area contributed by atoms with Gasteiger partial charge in [-0.1, -0.05) is 6.07 Å². The summed E-state index contributed by atoms with van der Waals surface area (Å²) in [5, 5.41) is 19.1. The molecule has 0 aliphatic carbocycles. The Labute approximate surface area is 210 Å². The minimum Gasteiger partial charge on any atom is -0.483 e. The van der Waals surface area contributed by atoms with Crippen LogP contribution in [0.5, 0.6) is 5.75 Å². The first-order valence-corrected chi connectivity index (χ1v) is 11.6. The van der Waals surface area contributed by atoms with Gasteiger partial charge in [-0.2, -0.15) is 10.2 Å². The lowest BCUT2D eigenvalue weighted by Crippen LogP contribution is -2.58. The van der Waals surface area contributed by atoms with E-state index in [0.29, 0.717) is 23.4 Å². The topological polar surface area (TPSA) is 113 Å². The molecule has 0 spiro atoms. The molecule has 0 bridgehead atoms. The van der Waals surface area contributed by atoms with Gasteiger partial charge in [0, 0.05) is 18.7 Å². The number of rotatable bonds is 5. The summed E-state index contributed by atoms with van der Waals surface area (Å²) >= 11 is 0. The highest BCUT2D eigenvalue weighted by molar-refractivity contribution is 5.90. The molecule has 0 unspecified atom stereocenters. The molecule has 2 aromatic heterocycles. The number of aryl methyl sites for hydroxylation is 2. The molecule has 4 heterocycles. The maximum absolute atomic E-state index is 14.5. The molecule has 12 heteroatoms. The molecule has 0 saturated carbocycles. The molecular formula is C25H24F2N6O4. The van der Waals surface area contributed by atoms with E-state index in [4.69, 9.17) is 4.74 Å². The molecule has 1 saturated heterocycles. The van der Waals surface area contributed by atoms with Crippen molar-refractivity contribution >= 4 is 18.2 Å². The summed E-state index contributed by atoms with van der Waals surface area (Å²) < 4.78 is 35.5. The van der Waals surface area contributed by atoms with Crippen LogP contribution in [0.4, 0.5) is 13.6 Å². The number of carbonyl (C=O) groups is 2. The number of carboxylic acids is 1. The van der Waals surface area contributed by atoms with Crippen LogP contribution in [0.2, 0.25) is 0 Å². The molecule has 1 aromatic carbocycles. The summed E-state index contributed by atoms with van der Waals surface area (Å²) in [6.07, 6.45) is 2.61. The van der Waals surface area contributed by atoms with Crippen LogP contribution >= 0.6 is 0 Å². The quantitative estimate of drug-likeness (QED) is 0.559. The number of hydrogen-bond acceptors (Lipinski definition) is 6. The van der Waals surface area contributed by atoms with Crippen LogP contribution in [-0.2, 0) is 0 Å². The first kappa shape index (κ1) is 24.3. The molecule has 1 fully saturated rings. The number of urea groups is 1. The van der Waals surface area contributed by atoms with Crippen molar-refractivity contribution in [1.29, 1.82) is 0 Å². The molecule has 192 valence electrons. The lowest BCUT2D eigenvalue weighted by Gasteiger charge is -2.41. The molecule has 2 amide bonds. The molecule has 10 nitrogen and oxygen atoms in total. The summed E-state index contributed by atoms with van der Waals surface area (Å²) in [4.78, 5) is 30.1. The van der Waals surface area contributed by atoms with Crippen LogP contribution in [-0.4, -0.2) is 67.2 Å². The second-order valence-electron chi connectivity index (χ2n) is 9.12. The Hall–Kier alpha value is -4.35. The van der Waals surface area contributed by atoms with Gasteiger partial charge in [0.05, 0.1) is 36.7 Å². The van der Waals surface area contributed by atoms with Gasteiger partial charge in [-0.05, 0) is 44.0 Å². The van der Waals surface area contributed by atoms with E-state index in [1.54, 1.807) is 27.0 Å². The summed E-state index contributed by atoms with van der Waals surface area (Å²) in [6, 6.07) is 5.25. The van der Waals surface area contributed by atoms with Gasteiger partial charge in [0.1, 0.15) is 17.5 Å². The Morgan fingerprint density at radius 3 is 2.54 bits per heavy atom. The van der Waals surface area contributed by atoms with Crippen molar-refractivity contribution in [2.24, 2.45) is 5.10 Å². The van der Waals surface area contributed by atoms with Gasteiger partial charge in [-0.3, -0.25) is 0 Å². The highest BCUT2D eigenvalue weighted by Crippen LogP contribution is 2.32. The number of pyridine rings is 1. The Bertz CT molecular complexity index is 1410. The van der Waals surface area contributed by atoms with Crippen LogP contribution < -0.4 is 4.74 Å². The average molecular weight is 511 g/mol. The summed E-state index contributed by atoms with van der Waals surface area (Å²) in [5.41, 5.74) is 2.13. The van der Waals surface area contributed by atoms with E-state index in [9.17, 15) is 23.5 Å². The third kappa shape index (κ3) is 4.50. The number of nitrogens with zero attached hydrogens (tertiary/aromatic N) is 6. The minimum atomic E-state index is -1.11. The minimum absolute atomic E-state index is 0.0537. The van der Waals surface area contributed by atoms with Gasteiger partial charge in [0.2, 0.25) is 0 Å². The maximum Gasteiger partial charge on any atom is 0.341 e. The van der Waals surface area contributed by atoms with E-state index in [-0.39, 0.29) is 42.1 Å². The number of carbonyl (C=O) groups excluding carboxylic acids is 1. The molecule has 0 radical (unpaired) electrons. The smallest absolute Gasteiger partial charge is 0.341 e. The van der Waals surface area contributed by atoms with Crippen molar-refractivity contribution in [3.63, 3.8) is 0 Å². The fourth-order valence-electron chi connectivity index (χ4n) is 4.62. The lowest BCUT2D eigenvalue weighted by atomic mass is 10.0. The summed E-state index contributed by atoms with van der Waals surface area (Å²) in [5.74, 6) is -2.06. The van der Waals surface area contributed by atoms with Crippen molar-refractivity contribution in [2.45, 2.75) is 39.3 Å². The fraction of sp³-hybridized carbons (Fsp3) is 0.320. The predicted octanol–water partition coefficient (Wildman–Crippen LogP) is 3.78. The number of halogens is 2. The highest BCUT2D eigenvalue weighted by Gasteiger charge is 2.39. The van der Waals surface area contributed by atoms with Gasteiger partial charge in [-0.15, -0.1) is 0 Å². The maximum atomic E-state index is 14.5. The summed E-state index contributed by atoms with van der Waals surface area (Å²) in [6.45, 7) is 5.36. The van der Waals surface area contributed by atoms with Gasteiger partial charge >= 0.3 is 12.0 Å². The molecule has 3 aromatic rings. The van der Waals surface area contributed by atoms with E-state index < -0.39 is 23.9 Å². The molecule has 37 heavy (non-hydrogen) atoms. The standard InChI is InChI=1S/C25H24F2N6O4/c1-13-6-16(8-17(26)7-13)20-4-5-29-33(20)25(36)31-11-18(12-31)37-21-9-22(28-10-19(21)27)32-15(3)23(24(34)35)14(2)30-32/h5-10,18,20H,4,11-12H2,1-3H3,(H,34,35)/t20-/m1/s1. The van der Waals surface area contributed by atoms with E-state index in [0.717, 1.165) is 11.8 Å². The summed E-state index contributed by atoms with van der Waals surface area (Å²) in [7, 11) is 0. The van der Waals surface area contributed by atoms with E-state index >= 15 is 0 Å². The van der Waals surface area contributed by atoms with Gasteiger partial charge < -0.3 is 14.7 Å². The first-order chi connectivity index (χ1) is 17.6.